The van der Waals surface area contributed by atoms with E-state index >= 15 is 0 Å². The van der Waals surface area contributed by atoms with E-state index in [9.17, 15) is 9.90 Å². The average Bonchev–Trinajstić information content (AvgIpc) is 2.43. The van der Waals surface area contributed by atoms with Crippen LogP contribution in [-0.2, 0) is 4.79 Å². The van der Waals surface area contributed by atoms with E-state index in [-0.39, 0.29) is 11.7 Å². The Hall–Kier alpha value is -1.71. The first-order valence-corrected chi connectivity index (χ1v) is 4.42. The van der Waals surface area contributed by atoms with Crippen LogP contribution in [-0.4, -0.2) is 22.2 Å². The first-order valence-electron chi connectivity index (χ1n) is 4.42. The maximum absolute atomic E-state index is 10.8. The van der Waals surface area contributed by atoms with Gasteiger partial charge in [-0.15, -0.1) is 0 Å². The van der Waals surface area contributed by atoms with E-state index in [4.69, 9.17) is 5.11 Å². The molecule has 1 aliphatic heterocycles. The number of rotatable bonds is 1. The number of fused-ring (bicyclic) bond motifs is 1. The van der Waals surface area contributed by atoms with Gasteiger partial charge in [0.2, 0.25) is 0 Å². The number of aromatic hydroxyl groups is 1. The Bertz CT molecular complexity index is 389. The van der Waals surface area contributed by atoms with Gasteiger partial charge >= 0.3 is 5.97 Å². The lowest BCUT2D eigenvalue weighted by atomic mass is 9.97. The number of nitrogens with one attached hydrogen (secondary N) is 1. The standard InChI is InChI=1S/C10H11NO3/c1-5-7-3-2-6(12)4-8(7)11-9(5)10(13)14/h2-5,9,11-12H,1H3,(H,13,14). The van der Waals surface area contributed by atoms with Crippen LogP contribution in [0, 0.1) is 0 Å². The second kappa shape index (κ2) is 2.90. The molecule has 1 heterocycles. The zero-order chi connectivity index (χ0) is 10.3. The summed E-state index contributed by atoms with van der Waals surface area (Å²) in [6, 6.07) is 4.29. The highest BCUT2D eigenvalue weighted by molar-refractivity contribution is 5.83. The highest BCUT2D eigenvalue weighted by Crippen LogP contribution is 2.37. The third kappa shape index (κ3) is 1.19. The molecule has 3 N–H and O–H groups in total. The molecule has 0 aliphatic carbocycles. The molecule has 0 fully saturated rings. The number of anilines is 1. The molecule has 1 aliphatic rings. The number of phenols is 1. The fourth-order valence-corrected chi connectivity index (χ4v) is 1.81. The summed E-state index contributed by atoms with van der Waals surface area (Å²) < 4.78 is 0. The number of carboxylic acid groups (broad SMARTS) is 1. The van der Waals surface area contributed by atoms with Crippen LogP contribution in [0.5, 0.6) is 5.75 Å². The van der Waals surface area contributed by atoms with Gasteiger partial charge in [0.25, 0.3) is 0 Å². The molecule has 0 amide bonds. The molecule has 74 valence electrons. The summed E-state index contributed by atoms with van der Waals surface area (Å²) in [7, 11) is 0. The summed E-state index contributed by atoms with van der Waals surface area (Å²) in [4.78, 5) is 10.8. The Balaban J connectivity index is 2.40. The summed E-state index contributed by atoms with van der Waals surface area (Å²) in [5.74, 6) is -0.786. The van der Waals surface area contributed by atoms with Crippen molar-refractivity contribution in [1.82, 2.24) is 0 Å². The molecule has 0 bridgehead atoms. The van der Waals surface area contributed by atoms with Crippen LogP contribution in [0.1, 0.15) is 18.4 Å². The number of benzene rings is 1. The Morgan fingerprint density at radius 1 is 1.50 bits per heavy atom. The van der Waals surface area contributed by atoms with Crippen LogP contribution in [0.3, 0.4) is 0 Å². The molecule has 0 saturated carbocycles. The summed E-state index contributed by atoms with van der Waals surface area (Å²) in [6.07, 6.45) is 0. The number of aliphatic carboxylic acids is 1. The molecule has 1 aromatic carbocycles. The number of carbonyl (C=O) groups is 1. The summed E-state index contributed by atoms with van der Waals surface area (Å²) in [6.45, 7) is 1.86. The minimum absolute atomic E-state index is 0.0666. The van der Waals surface area contributed by atoms with E-state index in [2.05, 4.69) is 5.32 Å². The lowest BCUT2D eigenvalue weighted by molar-refractivity contribution is -0.138. The predicted molar refractivity (Wildman–Crippen MR) is 51.6 cm³/mol. The lowest BCUT2D eigenvalue weighted by Crippen LogP contribution is -2.28. The monoisotopic (exact) mass is 193 g/mol. The van der Waals surface area contributed by atoms with Crippen molar-refractivity contribution in [3.63, 3.8) is 0 Å². The lowest BCUT2D eigenvalue weighted by Gasteiger charge is -2.09. The Morgan fingerprint density at radius 2 is 2.21 bits per heavy atom. The van der Waals surface area contributed by atoms with Gasteiger partial charge in [0.15, 0.2) is 0 Å². The Kier molecular flexibility index (Phi) is 1.84. The van der Waals surface area contributed by atoms with Crippen LogP contribution in [0.15, 0.2) is 18.2 Å². The molecule has 4 heteroatoms. The topological polar surface area (TPSA) is 69.6 Å². The molecule has 1 aromatic rings. The maximum atomic E-state index is 10.8. The molecule has 0 aromatic heterocycles. The van der Waals surface area contributed by atoms with Crippen LogP contribution in [0.4, 0.5) is 5.69 Å². The zero-order valence-corrected chi connectivity index (χ0v) is 7.69. The molecule has 4 nitrogen and oxygen atoms in total. The number of carboxylic acids is 1. The van der Waals surface area contributed by atoms with Crippen molar-refractivity contribution in [2.75, 3.05) is 5.32 Å². The molecule has 0 radical (unpaired) electrons. The second-order valence-electron chi connectivity index (χ2n) is 3.52. The van der Waals surface area contributed by atoms with E-state index < -0.39 is 12.0 Å². The largest absolute Gasteiger partial charge is 0.508 e. The van der Waals surface area contributed by atoms with Crippen LogP contribution in [0.2, 0.25) is 0 Å². The van der Waals surface area contributed by atoms with Crippen molar-refractivity contribution >= 4 is 11.7 Å². The van der Waals surface area contributed by atoms with Gasteiger partial charge in [-0.1, -0.05) is 13.0 Å². The van der Waals surface area contributed by atoms with Crippen molar-refractivity contribution in [2.24, 2.45) is 0 Å². The molecule has 0 saturated heterocycles. The van der Waals surface area contributed by atoms with Crippen molar-refractivity contribution < 1.29 is 15.0 Å². The molecule has 2 atom stereocenters. The Labute approximate surface area is 81.2 Å². The normalized spacial score (nSPS) is 24.1. The molecule has 2 rings (SSSR count). The van der Waals surface area contributed by atoms with Gasteiger partial charge in [-0.05, 0) is 11.6 Å². The van der Waals surface area contributed by atoms with Gasteiger partial charge in [-0.2, -0.15) is 0 Å². The van der Waals surface area contributed by atoms with E-state index in [1.807, 2.05) is 6.92 Å². The van der Waals surface area contributed by atoms with Gasteiger partial charge in [0.1, 0.15) is 11.8 Å². The third-order valence-corrected chi connectivity index (χ3v) is 2.60. The van der Waals surface area contributed by atoms with Gasteiger partial charge in [0, 0.05) is 17.7 Å². The number of hydrogen-bond donors (Lipinski definition) is 3. The minimum atomic E-state index is -0.867. The van der Waals surface area contributed by atoms with Gasteiger partial charge < -0.3 is 15.5 Å². The van der Waals surface area contributed by atoms with Crippen molar-refractivity contribution in [1.29, 1.82) is 0 Å². The average molecular weight is 193 g/mol. The van der Waals surface area contributed by atoms with Crippen molar-refractivity contribution in [3.8, 4) is 5.75 Å². The van der Waals surface area contributed by atoms with Gasteiger partial charge in [0.05, 0.1) is 0 Å². The smallest absolute Gasteiger partial charge is 0.326 e. The molecular weight excluding hydrogens is 182 g/mol. The van der Waals surface area contributed by atoms with Crippen LogP contribution >= 0.6 is 0 Å². The summed E-state index contributed by atoms with van der Waals surface area (Å²) in [5, 5.41) is 21.0. The zero-order valence-electron chi connectivity index (χ0n) is 7.69. The minimum Gasteiger partial charge on any atom is -0.508 e. The van der Waals surface area contributed by atoms with E-state index in [1.54, 1.807) is 18.2 Å². The highest BCUT2D eigenvalue weighted by Gasteiger charge is 2.33. The quantitative estimate of drug-likeness (QED) is 0.630. The van der Waals surface area contributed by atoms with Gasteiger partial charge in [-0.25, -0.2) is 4.79 Å². The third-order valence-electron chi connectivity index (χ3n) is 2.60. The first-order chi connectivity index (χ1) is 6.59. The van der Waals surface area contributed by atoms with E-state index in [0.717, 1.165) is 5.56 Å². The van der Waals surface area contributed by atoms with E-state index in [0.29, 0.717) is 5.69 Å². The van der Waals surface area contributed by atoms with Crippen LogP contribution in [0.25, 0.3) is 0 Å². The van der Waals surface area contributed by atoms with Crippen LogP contribution < -0.4 is 5.32 Å². The predicted octanol–water partition coefficient (Wildman–Crippen LogP) is 1.37. The molecule has 2 unspecified atom stereocenters. The number of phenolic OH excluding ortho intramolecular Hbond substituents is 1. The second-order valence-corrected chi connectivity index (χ2v) is 3.52. The fraction of sp³-hybridized carbons (Fsp3) is 0.300. The molecular formula is C10H11NO3. The highest BCUT2D eigenvalue weighted by atomic mass is 16.4. The maximum Gasteiger partial charge on any atom is 0.326 e. The van der Waals surface area contributed by atoms with Crippen molar-refractivity contribution in [3.05, 3.63) is 23.8 Å². The Morgan fingerprint density at radius 3 is 2.86 bits per heavy atom. The summed E-state index contributed by atoms with van der Waals surface area (Å²) in [5.41, 5.74) is 1.65. The summed E-state index contributed by atoms with van der Waals surface area (Å²) >= 11 is 0. The molecule has 0 spiro atoms. The van der Waals surface area contributed by atoms with Crippen molar-refractivity contribution in [2.45, 2.75) is 18.9 Å². The molecule has 14 heavy (non-hydrogen) atoms. The SMILES string of the molecule is CC1c2ccc(O)cc2NC1C(=O)O. The fourth-order valence-electron chi connectivity index (χ4n) is 1.81. The van der Waals surface area contributed by atoms with Gasteiger partial charge in [-0.3, -0.25) is 0 Å². The first kappa shape index (κ1) is 8.87. The number of hydrogen-bond acceptors (Lipinski definition) is 3. The van der Waals surface area contributed by atoms with E-state index in [1.165, 1.54) is 0 Å².